The van der Waals surface area contributed by atoms with E-state index in [4.69, 9.17) is 9.84 Å². The topological polar surface area (TPSA) is 79.9 Å². The highest BCUT2D eigenvalue weighted by atomic mass is 16.5. The zero-order valence-electron chi connectivity index (χ0n) is 17.3. The molecule has 1 saturated carbocycles. The number of aryl methyl sites for hydroxylation is 1. The SMILES string of the molecule is CC(C)(C)n1nc(C2CCC(OC=O)C2)cc1Nc1ccc2c(c1)CCC2C#N. The molecule has 29 heavy (non-hydrogen) atoms. The number of nitriles is 1. The summed E-state index contributed by atoms with van der Waals surface area (Å²) in [5.74, 6) is 1.29. The summed E-state index contributed by atoms with van der Waals surface area (Å²) in [7, 11) is 0. The number of hydrogen-bond acceptors (Lipinski definition) is 5. The van der Waals surface area contributed by atoms with E-state index in [1.165, 1.54) is 5.56 Å². The smallest absolute Gasteiger partial charge is 0.293 e. The minimum Gasteiger partial charge on any atom is -0.465 e. The maximum absolute atomic E-state index is 10.6. The van der Waals surface area contributed by atoms with E-state index < -0.39 is 0 Å². The molecule has 6 heteroatoms. The van der Waals surface area contributed by atoms with Crippen molar-refractivity contribution >= 4 is 18.0 Å². The molecule has 2 aromatic rings. The molecule has 0 spiro atoms. The summed E-state index contributed by atoms with van der Waals surface area (Å²) >= 11 is 0. The van der Waals surface area contributed by atoms with Crippen LogP contribution in [0.5, 0.6) is 0 Å². The van der Waals surface area contributed by atoms with Gasteiger partial charge in [-0.2, -0.15) is 10.4 Å². The maximum Gasteiger partial charge on any atom is 0.293 e. The number of nitrogens with one attached hydrogen (secondary N) is 1. The van der Waals surface area contributed by atoms with Crippen LogP contribution in [0.1, 0.15) is 75.1 Å². The van der Waals surface area contributed by atoms with Crippen LogP contribution in [-0.2, 0) is 21.5 Å². The monoisotopic (exact) mass is 392 g/mol. The number of carbonyl (C=O) groups excluding carboxylic acids is 1. The van der Waals surface area contributed by atoms with Gasteiger partial charge in [-0.05, 0) is 76.1 Å². The molecule has 1 aromatic carbocycles. The number of nitrogens with zero attached hydrogens (tertiary/aromatic N) is 3. The lowest BCUT2D eigenvalue weighted by Crippen LogP contribution is -2.24. The average molecular weight is 393 g/mol. The van der Waals surface area contributed by atoms with Gasteiger partial charge in [-0.3, -0.25) is 4.79 Å². The summed E-state index contributed by atoms with van der Waals surface area (Å²) < 4.78 is 7.20. The van der Waals surface area contributed by atoms with Gasteiger partial charge < -0.3 is 10.1 Å². The fraction of sp³-hybridized carbons (Fsp3) is 0.522. The number of rotatable bonds is 5. The van der Waals surface area contributed by atoms with E-state index in [-0.39, 0.29) is 17.6 Å². The first-order valence-corrected chi connectivity index (χ1v) is 10.4. The van der Waals surface area contributed by atoms with E-state index >= 15 is 0 Å². The van der Waals surface area contributed by atoms with Crippen LogP contribution in [0.4, 0.5) is 11.5 Å². The lowest BCUT2D eigenvalue weighted by Gasteiger charge is -2.23. The third-order valence-electron chi connectivity index (χ3n) is 6.06. The number of carbonyl (C=O) groups is 1. The van der Waals surface area contributed by atoms with Crippen molar-refractivity contribution in [2.24, 2.45) is 0 Å². The fourth-order valence-corrected chi connectivity index (χ4v) is 4.59. The number of aromatic nitrogens is 2. The molecule has 0 saturated heterocycles. The molecular formula is C23H28N4O2. The highest BCUT2D eigenvalue weighted by molar-refractivity contribution is 5.60. The Morgan fingerprint density at radius 1 is 1.28 bits per heavy atom. The minimum absolute atomic E-state index is 0.00140. The van der Waals surface area contributed by atoms with Crippen molar-refractivity contribution in [2.45, 2.75) is 76.4 Å². The lowest BCUT2D eigenvalue weighted by molar-refractivity contribution is -0.133. The number of hydrogen-bond donors (Lipinski definition) is 1. The summed E-state index contributed by atoms with van der Waals surface area (Å²) in [5.41, 5.74) is 4.32. The Hall–Kier alpha value is -2.81. The molecule has 1 aromatic heterocycles. The van der Waals surface area contributed by atoms with Crippen LogP contribution in [0.15, 0.2) is 24.3 Å². The highest BCUT2D eigenvalue weighted by Gasteiger charge is 2.31. The summed E-state index contributed by atoms with van der Waals surface area (Å²) in [5, 5.41) is 17.8. The maximum atomic E-state index is 10.6. The van der Waals surface area contributed by atoms with E-state index in [0.29, 0.717) is 12.4 Å². The molecule has 0 bridgehead atoms. The molecular weight excluding hydrogens is 364 g/mol. The van der Waals surface area contributed by atoms with Gasteiger partial charge in [0.15, 0.2) is 0 Å². The van der Waals surface area contributed by atoms with Gasteiger partial charge in [0.05, 0.1) is 23.2 Å². The predicted octanol–water partition coefficient (Wildman–Crippen LogP) is 4.74. The first-order chi connectivity index (χ1) is 13.9. The molecule has 3 unspecified atom stereocenters. The minimum atomic E-state index is -0.166. The first kappa shape index (κ1) is 19.5. The standard InChI is InChI=1S/C23H28N4O2/c1-23(2,3)27-22(12-21(26-27)16-6-8-19(11-16)29-14-28)25-18-7-9-20-15(10-18)4-5-17(20)13-24/h7,9-10,12,14,16-17,19,25H,4-6,8,11H2,1-3H3. The van der Waals surface area contributed by atoms with E-state index in [1.807, 2.05) is 4.68 Å². The van der Waals surface area contributed by atoms with E-state index in [2.05, 4.69) is 56.4 Å². The van der Waals surface area contributed by atoms with Crippen molar-refractivity contribution in [1.82, 2.24) is 9.78 Å². The molecule has 152 valence electrons. The average Bonchev–Trinajstić information content (AvgIpc) is 3.39. The van der Waals surface area contributed by atoms with Crippen LogP contribution in [0, 0.1) is 11.3 Å². The molecule has 4 rings (SSSR count). The van der Waals surface area contributed by atoms with Gasteiger partial charge in [-0.25, -0.2) is 4.68 Å². The Balaban J connectivity index is 1.59. The Labute approximate surface area is 171 Å². The number of benzene rings is 1. The Bertz CT molecular complexity index is 951. The Morgan fingerprint density at radius 3 is 2.83 bits per heavy atom. The quantitative estimate of drug-likeness (QED) is 0.743. The number of anilines is 2. The van der Waals surface area contributed by atoms with Gasteiger partial charge >= 0.3 is 0 Å². The zero-order valence-corrected chi connectivity index (χ0v) is 17.3. The molecule has 0 amide bonds. The van der Waals surface area contributed by atoms with Crippen molar-refractivity contribution in [3.63, 3.8) is 0 Å². The van der Waals surface area contributed by atoms with Crippen molar-refractivity contribution in [3.05, 3.63) is 41.1 Å². The van der Waals surface area contributed by atoms with Crippen molar-refractivity contribution in [3.8, 4) is 6.07 Å². The highest BCUT2D eigenvalue weighted by Crippen LogP contribution is 2.38. The van der Waals surface area contributed by atoms with Crippen molar-refractivity contribution < 1.29 is 9.53 Å². The van der Waals surface area contributed by atoms with E-state index in [0.717, 1.165) is 54.9 Å². The third-order valence-corrected chi connectivity index (χ3v) is 6.06. The Morgan fingerprint density at radius 2 is 2.10 bits per heavy atom. The second-order valence-electron chi connectivity index (χ2n) is 9.16. The largest absolute Gasteiger partial charge is 0.465 e. The lowest BCUT2D eigenvalue weighted by atomic mass is 10.0. The van der Waals surface area contributed by atoms with Crippen LogP contribution in [0.2, 0.25) is 0 Å². The van der Waals surface area contributed by atoms with Crippen molar-refractivity contribution in [1.29, 1.82) is 5.26 Å². The molecule has 0 aliphatic heterocycles. The second-order valence-corrected chi connectivity index (χ2v) is 9.16. The second kappa shape index (κ2) is 7.55. The van der Waals surface area contributed by atoms with Gasteiger partial charge in [0.2, 0.25) is 0 Å². The normalized spacial score (nSPS) is 23.4. The van der Waals surface area contributed by atoms with Gasteiger partial charge in [0.25, 0.3) is 6.47 Å². The molecule has 1 heterocycles. The number of fused-ring (bicyclic) bond motifs is 1. The molecule has 2 aliphatic rings. The summed E-state index contributed by atoms with van der Waals surface area (Å²) in [6.45, 7) is 6.98. The van der Waals surface area contributed by atoms with Crippen LogP contribution in [-0.4, -0.2) is 22.4 Å². The van der Waals surface area contributed by atoms with Crippen LogP contribution in [0.3, 0.4) is 0 Å². The molecule has 0 radical (unpaired) electrons. The van der Waals surface area contributed by atoms with E-state index in [1.54, 1.807) is 0 Å². The first-order valence-electron chi connectivity index (χ1n) is 10.4. The van der Waals surface area contributed by atoms with Crippen LogP contribution < -0.4 is 5.32 Å². The predicted molar refractivity (Wildman–Crippen MR) is 111 cm³/mol. The third kappa shape index (κ3) is 3.87. The van der Waals surface area contributed by atoms with Crippen molar-refractivity contribution in [2.75, 3.05) is 5.32 Å². The van der Waals surface area contributed by atoms with E-state index in [9.17, 15) is 10.1 Å². The summed E-state index contributed by atoms with van der Waals surface area (Å²) in [6, 6.07) is 10.8. The van der Waals surface area contributed by atoms with Crippen LogP contribution in [0.25, 0.3) is 0 Å². The van der Waals surface area contributed by atoms with Gasteiger partial charge in [0, 0.05) is 17.7 Å². The van der Waals surface area contributed by atoms with Gasteiger partial charge in [-0.1, -0.05) is 6.07 Å². The van der Waals surface area contributed by atoms with Gasteiger partial charge in [0.1, 0.15) is 11.9 Å². The number of ether oxygens (including phenoxy) is 1. The molecule has 1 fully saturated rings. The summed E-state index contributed by atoms with van der Waals surface area (Å²) in [6.07, 6.45) is 4.55. The van der Waals surface area contributed by atoms with Gasteiger partial charge in [-0.15, -0.1) is 0 Å². The fourth-order valence-electron chi connectivity index (χ4n) is 4.59. The van der Waals surface area contributed by atoms with Crippen LogP contribution >= 0.6 is 0 Å². The molecule has 3 atom stereocenters. The summed E-state index contributed by atoms with van der Waals surface area (Å²) in [4.78, 5) is 10.6. The Kier molecular flexibility index (Phi) is 5.08. The molecule has 1 N–H and O–H groups in total. The molecule has 6 nitrogen and oxygen atoms in total. The zero-order chi connectivity index (χ0) is 20.6. The molecule has 2 aliphatic carbocycles.